The number of nitrogens with zero attached hydrogens (tertiary/aromatic N) is 5. The van der Waals surface area contributed by atoms with E-state index in [1.54, 1.807) is 0 Å². The van der Waals surface area contributed by atoms with Crippen LogP contribution in [0, 0.1) is 0 Å². The summed E-state index contributed by atoms with van der Waals surface area (Å²) in [6, 6.07) is 7.55. The molecule has 0 unspecified atom stereocenters. The Balaban J connectivity index is 1.24. The Morgan fingerprint density at radius 3 is 2.62 bits per heavy atom. The van der Waals surface area contributed by atoms with Crippen LogP contribution in [0.1, 0.15) is 68.1 Å². The molecular weight excluding hydrogens is 508 g/mol. The van der Waals surface area contributed by atoms with Crippen molar-refractivity contribution in [3.05, 3.63) is 40.5 Å². The molecule has 208 valence electrons. The van der Waals surface area contributed by atoms with Crippen LogP contribution in [0.2, 0.25) is 0 Å². The van der Waals surface area contributed by atoms with Crippen LogP contribution < -0.4 is 15.0 Å². The van der Waals surface area contributed by atoms with Gasteiger partial charge in [-0.15, -0.1) is 11.3 Å². The number of hydrogen-bond acceptors (Lipinski definition) is 7. The molecule has 1 saturated carbocycles. The first-order valence-electron chi connectivity index (χ1n) is 14.7. The van der Waals surface area contributed by atoms with E-state index in [0.29, 0.717) is 37.1 Å². The standard InChI is InChI=1S/C30H40N6O2S/c1-3-34-15-14-22-25(20-34)39-29-26(22)28(32-27(33-29)21-10-6-5-7-11-21)35-16-18-36(19-17-35)30(37)31-23-12-8-9-13-24(23)38-4-2/h8-9,12-13,21H,3-7,10-11,14-20H2,1-2H3,(H,31,37). The number of benzene rings is 1. The zero-order valence-corrected chi connectivity index (χ0v) is 24.1. The minimum Gasteiger partial charge on any atom is -0.492 e. The third-order valence-corrected chi connectivity index (χ3v) is 9.60. The van der Waals surface area contributed by atoms with Gasteiger partial charge in [-0.3, -0.25) is 4.90 Å². The third kappa shape index (κ3) is 5.43. The molecule has 3 aromatic rings. The molecule has 9 heteroatoms. The molecule has 0 radical (unpaired) electrons. The number of carbonyl (C=O) groups is 1. The molecule has 0 bridgehead atoms. The summed E-state index contributed by atoms with van der Waals surface area (Å²) in [4.78, 5) is 33.1. The summed E-state index contributed by atoms with van der Waals surface area (Å²) >= 11 is 1.88. The Morgan fingerprint density at radius 1 is 1.05 bits per heavy atom. The van der Waals surface area contributed by atoms with Gasteiger partial charge in [-0.2, -0.15) is 0 Å². The molecule has 4 heterocycles. The lowest BCUT2D eigenvalue weighted by Crippen LogP contribution is -2.50. The van der Waals surface area contributed by atoms with E-state index in [2.05, 4.69) is 22.0 Å². The van der Waals surface area contributed by atoms with E-state index >= 15 is 0 Å². The predicted octanol–water partition coefficient (Wildman–Crippen LogP) is 5.87. The van der Waals surface area contributed by atoms with Gasteiger partial charge in [0.25, 0.3) is 0 Å². The second-order valence-corrected chi connectivity index (χ2v) is 12.0. The number of carbonyl (C=O) groups excluding carboxylic acids is 1. The van der Waals surface area contributed by atoms with Gasteiger partial charge in [-0.05, 0) is 50.4 Å². The molecule has 1 N–H and O–H groups in total. The van der Waals surface area contributed by atoms with Crippen LogP contribution >= 0.6 is 11.3 Å². The Kier molecular flexibility index (Phi) is 7.88. The predicted molar refractivity (Wildman–Crippen MR) is 158 cm³/mol. The molecule has 1 aliphatic carbocycles. The number of ether oxygens (including phenoxy) is 1. The van der Waals surface area contributed by atoms with Crippen molar-refractivity contribution >= 4 is 39.1 Å². The van der Waals surface area contributed by atoms with Crippen LogP contribution in [0.25, 0.3) is 10.2 Å². The molecule has 1 aromatic carbocycles. The van der Waals surface area contributed by atoms with Crippen molar-refractivity contribution in [2.24, 2.45) is 0 Å². The molecule has 1 saturated heterocycles. The first-order chi connectivity index (χ1) is 19.1. The van der Waals surface area contributed by atoms with E-state index in [9.17, 15) is 4.79 Å². The van der Waals surface area contributed by atoms with Gasteiger partial charge in [0.05, 0.1) is 17.7 Å². The average molecular weight is 549 g/mol. The van der Waals surface area contributed by atoms with E-state index in [1.165, 1.54) is 47.9 Å². The molecule has 6 rings (SSSR count). The number of urea groups is 1. The fourth-order valence-electron chi connectivity index (χ4n) is 6.25. The first-order valence-corrected chi connectivity index (χ1v) is 15.5. The van der Waals surface area contributed by atoms with Crippen molar-refractivity contribution in [3.8, 4) is 5.75 Å². The van der Waals surface area contributed by atoms with Gasteiger partial charge in [0, 0.05) is 50.1 Å². The maximum absolute atomic E-state index is 13.2. The number of likely N-dealkylation sites (N-methyl/N-ethyl adjacent to an activating group) is 1. The van der Waals surface area contributed by atoms with Gasteiger partial charge in [0.1, 0.15) is 22.2 Å². The second-order valence-electron chi connectivity index (χ2n) is 10.9. The number of anilines is 2. The largest absolute Gasteiger partial charge is 0.492 e. The van der Waals surface area contributed by atoms with Crippen LogP contribution in [0.15, 0.2) is 24.3 Å². The number of thiophene rings is 1. The summed E-state index contributed by atoms with van der Waals surface area (Å²) in [6.45, 7) is 10.8. The van der Waals surface area contributed by atoms with Crippen LogP contribution in [-0.2, 0) is 13.0 Å². The Morgan fingerprint density at radius 2 is 1.85 bits per heavy atom. The number of aromatic nitrogens is 2. The molecule has 2 amide bonds. The summed E-state index contributed by atoms with van der Waals surface area (Å²) in [5.74, 6) is 3.31. The number of amides is 2. The molecular formula is C30H40N6O2S. The van der Waals surface area contributed by atoms with Gasteiger partial charge in [0.2, 0.25) is 0 Å². The van der Waals surface area contributed by atoms with Crippen molar-refractivity contribution in [3.63, 3.8) is 0 Å². The zero-order chi connectivity index (χ0) is 26.8. The van der Waals surface area contributed by atoms with Crippen molar-refractivity contribution in [2.75, 3.05) is 56.1 Å². The maximum atomic E-state index is 13.2. The van der Waals surface area contributed by atoms with Gasteiger partial charge < -0.3 is 19.9 Å². The van der Waals surface area contributed by atoms with Crippen molar-refractivity contribution in [1.82, 2.24) is 19.8 Å². The Hall–Kier alpha value is -2.91. The van der Waals surface area contributed by atoms with Gasteiger partial charge in [-0.1, -0.05) is 38.3 Å². The molecule has 2 fully saturated rings. The summed E-state index contributed by atoms with van der Waals surface area (Å²) < 4.78 is 5.70. The number of piperazine rings is 1. The van der Waals surface area contributed by atoms with E-state index < -0.39 is 0 Å². The average Bonchev–Trinajstić information content (AvgIpc) is 3.36. The van der Waals surface area contributed by atoms with Crippen molar-refractivity contribution in [1.29, 1.82) is 0 Å². The summed E-state index contributed by atoms with van der Waals surface area (Å²) in [5.41, 5.74) is 2.17. The minimum absolute atomic E-state index is 0.0786. The molecule has 2 aliphatic heterocycles. The number of fused-ring (bicyclic) bond motifs is 3. The smallest absolute Gasteiger partial charge is 0.322 e. The number of hydrogen-bond donors (Lipinski definition) is 1. The highest BCUT2D eigenvalue weighted by Crippen LogP contribution is 2.41. The fourth-order valence-corrected chi connectivity index (χ4v) is 7.52. The maximum Gasteiger partial charge on any atom is 0.322 e. The second kappa shape index (κ2) is 11.7. The van der Waals surface area contributed by atoms with E-state index in [0.717, 1.165) is 55.6 Å². The fraction of sp³-hybridized carbons (Fsp3) is 0.567. The van der Waals surface area contributed by atoms with Crippen LogP contribution in [-0.4, -0.2) is 71.7 Å². The van der Waals surface area contributed by atoms with E-state index in [-0.39, 0.29) is 6.03 Å². The molecule has 2 aromatic heterocycles. The number of rotatable bonds is 6. The van der Waals surface area contributed by atoms with Crippen LogP contribution in [0.5, 0.6) is 5.75 Å². The molecule has 0 spiro atoms. The zero-order valence-electron chi connectivity index (χ0n) is 23.2. The van der Waals surface area contributed by atoms with Gasteiger partial charge >= 0.3 is 6.03 Å². The van der Waals surface area contributed by atoms with Gasteiger partial charge in [-0.25, -0.2) is 14.8 Å². The van der Waals surface area contributed by atoms with Gasteiger partial charge in [0.15, 0.2) is 0 Å². The van der Waals surface area contributed by atoms with Crippen molar-refractivity contribution < 1.29 is 9.53 Å². The van der Waals surface area contributed by atoms with Crippen molar-refractivity contribution in [2.45, 2.75) is 64.8 Å². The third-order valence-electron chi connectivity index (χ3n) is 8.49. The number of nitrogens with one attached hydrogen (secondary N) is 1. The molecule has 8 nitrogen and oxygen atoms in total. The normalized spacial score (nSPS) is 18.8. The lowest BCUT2D eigenvalue weighted by atomic mass is 9.88. The Labute approximate surface area is 235 Å². The lowest BCUT2D eigenvalue weighted by Gasteiger charge is -2.36. The first kappa shape index (κ1) is 26.3. The Bertz CT molecular complexity index is 1310. The highest BCUT2D eigenvalue weighted by Gasteiger charge is 2.30. The van der Waals surface area contributed by atoms with Crippen LogP contribution in [0.4, 0.5) is 16.3 Å². The quantitative estimate of drug-likeness (QED) is 0.415. The van der Waals surface area contributed by atoms with E-state index in [1.807, 2.05) is 47.4 Å². The summed E-state index contributed by atoms with van der Waals surface area (Å²) in [7, 11) is 0. The van der Waals surface area contributed by atoms with Crippen LogP contribution in [0.3, 0.4) is 0 Å². The summed E-state index contributed by atoms with van der Waals surface area (Å²) in [6.07, 6.45) is 7.31. The molecule has 39 heavy (non-hydrogen) atoms. The van der Waals surface area contributed by atoms with E-state index in [4.69, 9.17) is 14.7 Å². The number of para-hydroxylation sites is 2. The highest BCUT2D eigenvalue weighted by atomic mass is 32.1. The SMILES string of the molecule is CCOc1ccccc1NC(=O)N1CCN(c2nc(C3CCCCC3)nc3sc4c(c23)CCN(CC)C4)CC1. The topological polar surface area (TPSA) is 73.8 Å². The molecule has 0 atom stereocenters. The lowest BCUT2D eigenvalue weighted by molar-refractivity contribution is 0.208. The monoisotopic (exact) mass is 548 g/mol. The summed E-state index contributed by atoms with van der Waals surface area (Å²) in [5, 5.41) is 4.33. The highest BCUT2D eigenvalue weighted by molar-refractivity contribution is 7.19. The minimum atomic E-state index is -0.0786. The molecule has 3 aliphatic rings.